The first kappa shape index (κ1) is 21.2. The molecule has 0 aliphatic carbocycles. The van der Waals surface area contributed by atoms with Gasteiger partial charge >= 0.3 is 0 Å². The van der Waals surface area contributed by atoms with E-state index in [0.717, 1.165) is 22.5 Å². The van der Waals surface area contributed by atoms with E-state index in [9.17, 15) is 4.79 Å². The Morgan fingerprint density at radius 1 is 1.13 bits per heavy atom. The Hall–Kier alpha value is -3.04. The normalized spacial score (nSPS) is 10.9. The molecule has 4 rings (SSSR count). The van der Waals surface area contributed by atoms with E-state index >= 15 is 0 Å². The Bertz CT molecular complexity index is 1220. The minimum atomic E-state index is -0.143. The number of thiazole rings is 1. The Balaban J connectivity index is 1.35. The molecule has 0 atom stereocenters. The number of carbonyl (C=O) groups excluding carboxylic acids is 1. The van der Waals surface area contributed by atoms with Crippen molar-refractivity contribution in [2.75, 3.05) is 11.1 Å². The Morgan fingerprint density at radius 3 is 2.81 bits per heavy atom. The van der Waals surface area contributed by atoms with Gasteiger partial charge in [-0.3, -0.25) is 4.79 Å². The van der Waals surface area contributed by atoms with Crippen LogP contribution in [0.5, 0.6) is 0 Å². The number of thioether (sulfide) groups is 1. The summed E-state index contributed by atoms with van der Waals surface area (Å²) in [5, 5.41) is 15.9. The number of anilines is 1. The van der Waals surface area contributed by atoms with E-state index in [0.29, 0.717) is 10.3 Å². The maximum absolute atomic E-state index is 12.4. The quantitative estimate of drug-likeness (QED) is 0.421. The monoisotopic (exact) mass is 450 g/mol. The van der Waals surface area contributed by atoms with E-state index in [1.165, 1.54) is 39.8 Å². The van der Waals surface area contributed by atoms with Gasteiger partial charge in [-0.05, 0) is 60.0 Å². The van der Waals surface area contributed by atoms with Gasteiger partial charge in [-0.1, -0.05) is 47.7 Å². The van der Waals surface area contributed by atoms with Gasteiger partial charge in [-0.2, -0.15) is 4.68 Å². The molecular formula is C22H22N6OS2. The van der Waals surface area contributed by atoms with Crippen molar-refractivity contribution in [2.45, 2.75) is 32.3 Å². The van der Waals surface area contributed by atoms with Crippen molar-refractivity contribution in [1.82, 2.24) is 25.2 Å². The first-order chi connectivity index (χ1) is 15.0. The molecule has 0 bridgehead atoms. The van der Waals surface area contributed by atoms with Crippen LogP contribution >= 0.6 is 23.1 Å². The molecular weight excluding hydrogens is 428 g/mol. The van der Waals surface area contributed by atoms with Gasteiger partial charge in [0.05, 0.1) is 11.4 Å². The molecule has 1 N–H and O–H groups in total. The van der Waals surface area contributed by atoms with Crippen LogP contribution in [-0.2, 0) is 11.2 Å². The summed E-state index contributed by atoms with van der Waals surface area (Å²) in [6.45, 7) is 6.18. The Morgan fingerprint density at radius 2 is 2.00 bits per heavy atom. The lowest BCUT2D eigenvalue weighted by Gasteiger charge is -2.07. The van der Waals surface area contributed by atoms with Crippen LogP contribution in [-0.4, -0.2) is 36.9 Å². The number of hydrogen-bond acceptors (Lipinski definition) is 7. The van der Waals surface area contributed by atoms with Gasteiger partial charge in [0.15, 0.2) is 5.13 Å². The number of nitrogens with one attached hydrogen (secondary N) is 1. The number of aromatic nitrogens is 5. The molecule has 2 aromatic carbocycles. The first-order valence-corrected chi connectivity index (χ1v) is 11.6. The minimum absolute atomic E-state index is 0.143. The molecule has 0 radical (unpaired) electrons. The molecule has 1 amide bonds. The van der Waals surface area contributed by atoms with Crippen LogP contribution in [0.4, 0.5) is 5.13 Å². The van der Waals surface area contributed by atoms with Crippen molar-refractivity contribution in [1.29, 1.82) is 0 Å². The van der Waals surface area contributed by atoms with Crippen molar-refractivity contribution in [3.63, 3.8) is 0 Å². The molecule has 31 heavy (non-hydrogen) atoms. The van der Waals surface area contributed by atoms with Gasteiger partial charge < -0.3 is 5.32 Å². The zero-order chi connectivity index (χ0) is 21.8. The van der Waals surface area contributed by atoms with E-state index in [-0.39, 0.29) is 11.7 Å². The highest BCUT2D eigenvalue weighted by Crippen LogP contribution is 2.23. The van der Waals surface area contributed by atoms with Crippen molar-refractivity contribution >= 4 is 34.1 Å². The lowest BCUT2D eigenvalue weighted by molar-refractivity contribution is -0.113. The van der Waals surface area contributed by atoms with Crippen LogP contribution in [0, 0.1) is 20.8 Å². The van der Waals surface area contributed by atoms with Crippen LogP contribution in [0.2, 0.25) is 0 Å². The summed E-state index contributed by atoms with van der Waals surface area (Å²) in [5.41, 5.74) is 5.70. The summed E-state index contributed by atoms with van der Waals surface area (Å²) in [7, 11) is 0. The van der Waals surface area contributed by atoms with Crippen molar-refractivity contribution < 1.29 is 4.79 Å². The molecule has 2 heterocycles. The lowest BCUT2D eigenvalue weighted by Crippen LogP contribution is -2.14. The van der Waals surface area contributed by atoms with Crippen LogP contribution in [0.3, 0.4) is 0 Å². The third-order valence-electron chi connectivity index (χ3n) is 4.77. The van der Waals surface area contributed by atoms with E-state index in [2.05, 4.69) is 63.9 Å². The summed E-state index contributed by atoms with van der Waals surface area (Å²) in [5.74, 6) is 0.0500. The number of nitrogens with zero attached hydrogens (tertiary/aromatic N) is 5. The van der Waals surface area contributed by atoms with Crippen molar-refractivity contribution in [2.24, 2.45) is 0 Å². The number of amides is 1. The summed E-state index contributed by atoms with van der Waals surface area (Å²) in [6, 6.07) is 14.4. The molecule has 7 nitrogen and oxygen atoms in total. The molecule has 2 aromatic heterocycles. The maximum Gasteiger partial charge on any atom is 0.236 e. The van der Waals surface area contributed by atoms with Gasteiger partial charge in [0, 0.05) is 17.5 Å². The molecule has 0 spiro atoms. The van der Waals surface area contributed by atoms with Crippen LogP contribution in [0.15, 0.2) is 53.8 Å². The molecule has 0 saturated carbocycles. The van der Waals surface area contributed by atoms with Crippen LogP contribution in [0.25, 0.3) is 5.69 Å². The van der Waals surface area contributed by atoms with Gasteiger partial charge in [0.2, 0.25) is 11.1 Å². The van der Waals surface area contributed by atoms with Crippen LogP contribution in [0.1, 0.15) is 27.1 Å². The molecule has 0 fully saturated rings. The number of tetrazole rings is 1. The summed E-state index contributed by atoms with van der Waals surface area (Å²) in [6.07, 6.45) is 2.62. The fourth-order valence-corrected chi connectivity index (χ4v) is 4.60. The largest absolute Gasteiger partial charge is 0.301 e. The zero-order valence-corrected chi connectivity index (χ0v) is 19.1. The summed E-state index contributed by atoms with van der Waals surface area (Å²) in [4.78, 5) is 17.9. The Labute approximate surface area is 188 Å². The number of aryl methyl sites for hydroxylation is 3. The molecule has 0 unspecified atom stereocenters. The predicted octanol–water partition coefficient (Wildman–Crippen LogP) is 4.37. The number of hydrogen-bond donors (Lipinski definition) is 1. The Kier molecular flexibility index (Phi) is 6.43. The fraction of sp³-hybridized carbons (Fsp3) is 0.227. The van der Waals surface area contributed by atoms with Gasteiger partial charge in [0.25, 0.3) is 0 Å². The number of rotatable bonds is 7. The number of carbonyl (C=O) groups is 1. The average molecular weight is 451 g/mol. The molecule has 0 saturated heterocycles. The second kappa shape index (κ2) is 9.40. The second-order valence-electron chi connectivity index (χ2n) is 7.28. The molecule has 9 heteroatoms. The van der Waals surface area contributed by atoms with Gasteiger partial charge in [-0.15, -0.1) is 16.4 Å². The standard InChI is InChI=1S/C22H22N6OS2/c1-14-5-4-6-17(9-14)11-19-12-23-21(31-19)24-20(29)13-30-22-25-26-27-28(22)18-8-7-15(2)16(3)10-18/h4-10,12H,11,13H2,1-3H3,(H,23,24,29). The highest BCUT2D eigenvalue weighted by Gasteiger charge is 2.13. The van der Waals surface area contributed by atoms with E-state index in [1.54, 1.807) is 4.68 Å². The van der Waals surface area contributed by atoms with Gasteiger partial charge in [-0.25, -0.2) is 4.98 Å². The van der Waals surface area contributed by atoms with Crippen LogP contribution < -0.4 is 5.32 Å². The lowest BCUT2D eigenvalue weighted by atomic mass is 10.1. The van der Waals surface area contributed by atoms with E-state index < -0.39 is 0 Å². The highest BCUT2D eigenvalue weighted by atomic mass is 32.2. The van der Waals surface area contributed by atoms with Gasteiger partial charge in [0.1, 0.15) is 0 Å². The first-order valence-electron chi connectivity index (χ1n) is 9.77. The molecule has 0 aliphatic rings. The SMILES string of the molecule is Cc1cccc(Cc2cnc(NC(=O)CSc3nnnn3-c3ccc(C)c(C)c3)s2)c1. The molecule has 158 valence electrons. The zero-order valence-electron chi connectivity index (χ0n) is 17.5. The average Bonchev–Trinajstić information content (AvgIpc) is 3.38. The van der Waals surface area contributed by atoms with E-state index in [1.807, 2.05) is 31.3 Å². The topological polar surface area (TPSA) is 85.6 Å². The second-order valence-corrected chi connectivity index (χ2v) is 9.33. The smallest absolute Gasteiger partial charge is 0.236 e. The number of benzene rings is 2. The molecule has 4 aromatic rings. The predicted molar refractivity (Wildman–Crippen MR) is 124 cm³/mol. The minimum Gasteiger partial charge on any atom is -0.301 e. The molecule has 0 aliphatic heterocycles. The summed E-state index contributed by atoms with van der Waals surface area (Å²) < 4.78 is 1.65. The van der Waals surface area contributed by atoms with Crippen molar-refractivity contribution in [3.05, 3.63) is 75.8 Å². The maximum atomic E-state index is 12.4. The fourth-order valence-electron chi connectivity index (χ4n) is 3.04. The third kappa shape index (κ3) is 5.36. The van der Waals surface area contributed by atoms with E-state index in [4.69, 9.17) is 0 Å². The third-order valence-corrected chi connectivity index (χ3v) is 6.60. The highest BCUT2D eigenvalue weighted by molar-refractivity contribution is 7.99. The summed E-state index contributed by atoms with van der Waals surface area (Å²) >= 11 is 2.78. The van der Waals surface area contributed by atoms with Crippen molar-refractivity contribution in [3.8, 4) is 5.69 Å².